The van der Waals surface area contributed by atoms with Crippen LogP contribution in [0.2, 0.25) is 0 Å². The van der Waals surface area contributed by atoms with Crippen LogP contribution in [0.4, 0.5) is 0 Å². The molecule has 0 aromatic heterocycles. The van der Waals surface area contributed by atoms with E-state index in [1.54, 1.807) is 0 Å². The molecule has 1 fully saturated rings. The lowest BCUT2D eigenvalue weighted by atomic mass is 10.0. The Morgan fingerprint density at radius 2 is 1.94 bits per heavy atom. The van der Waals surface area contributed by atoms with Crippen molar-refractivity contribution in [3.63, 3.8) is 0 Å². The fourth-order valence-electron chi connectivity index (χ4n) is 2.31. The predicted molar refractivity (Wildman–Crippen MR) is 71.5 cm³/mol. The Bertz CT molecular complexity index is 176. The Morgan fingerprint density at radius 3 is 2.38 bits per heavy atom. The summed E-state index contributed by atoms with van der Waals surface area (Å²) in [6.07, 6.45) is 6.73. The fraction of sp³-hybridized carbons (Fsp3) is 1.00. The van der Waals surface area contributed by atoms with Crippen LogP contribution in [0.3, 0.4) is 0 Å². The van der Waals surface area contributed by atoms with E-state index in [0.29, 0.717) is 0 Å². The van der Waals surface area contributed by atoms with Gasteiger partial charge in [-0.05, 0) is 50.6 Å². The third kappa shape index (κ3) is 5.31. The fourth-order valence-corrected chi connectivity index (χ4v) is 2.31. The van der Waals surface area contributed by atoms with Gasteiger partial charge in [0.05, 0.1) is 0 Å². The Morgan fingerprint density at radius 1 is 1.25 bits per heavy atom. The van der Waals surface area contributed by atoms with Crippen molar-refractivity contribution < 1.29 is 0 Å². The van der Waals surface area contributed by atoms with Gasteiger partial charge in [0, 0.05) is 12.6 Å². The molecule has 2 N–H and O–H groups in total. The minimum absolute atomic E-state index is 0.720. The zero-order valence-electron chi connectivity index (χ0n) is 11.4. The van der Waals surface area contributed by atoms with Crippen LogP contribution in [0, 0.1) is 11.8 Å². The number of hydrogen-bond acceptors (Lipinski definition) is 2. The van der Waals surface area contributed by atoms with E-state index >= 15 is 0 Å². The molecule has 2 nitrogen and oxygen atoms in total. The average molecular weight is 226 g/mol. The SMILES string of the molecule is CCCC(CN)CN(CCC(C)C)C1CC1. The quantitative estimate of drug-likeness (QED) is 0.655. The summed E-state index contributed by atoms with van der Waals surface area (Å²) in [5.41, 5.74) is 5.86. The zero-order chi connectivity index (χ0) is 12.0. The summed E-state index contributed by atoms with van der Waals surface area (Å²) in [7, 11) is 0. The first-order valence-electron chi connectivity index (χ1n) is 7.11. The summed E-state index contributed by atoms with van der Waals surface area (Å²) in [5, 5.41) is 0. The molecular weight excluding hydrogens is 196 g/mol. The Balaban J connectivity index is 2.31. The van der Waals surface area contributed by atoms with Gasteiger partial charge in [-0.2, -0.15) is 0 Å². The van der Waals surface area contributed by atoms with Crippen LogP contribution in [-0.2, 0) is 0 Å². The van der Waals surface area contributed by atoms with E-state index in [4.69, 9.17) is 5.73 Å². The highest BCUT2D eigenvalue weighted by atomic mass is 15.2. The summed E-state index contributed by atoms with van der Waals surface area (Å²) >= 11 is 0. The van der Waals surface area contributed by atoms with Crippen molar-refractivity contribution >= 4 is 0 Å². The first-order chi connectivity index (χ1) is 7.67. The second-order valence-corrected chi connectivity index (χ2v) is 5.80. The minimum Gasteiger partial charge on any atom is -0.330 e. The summed E-state index contributed by atoms with van der Waals surface area (Å²) in [4.78, 5) is 2.70. The number of nitrogens with two attached hydrogens (primary N) is 1. The van der Waals surface area contributed by atoms with Gasteiger partial charge in [-0.15, -0.1) is 0 Å². The molecule has 16 heavy (non-hydrogen) atoms. The zero-order valence-corrected chi connectivity index (χ0v) is 11.4. The normalized spacial score (nSPS) is 18.4. The van der Waals surface area contributed by atoms with Crippen molar-refractivity contribution in [1.29, 1.82) is 0 Å². The van der Waals surface area contributed by atoms with Gasteiger partial charge in [-0.1, -0.05) is 27.2 Å². The van der Waals surface area contributed by atoms with E-state index in [0.717, 1.165) is 24.4 Å². The second kappa shape index (κ2) is 7.29. The molecule has 0 aromatic carbocycles. The van der Waals surface area contributed by atoms with Crippen LogP contribution in [0.25, 0.3) is 0 Å². The average Bonchev–Trinajstić information content (AvgIpc) is 3.06. The van der Waals surface area contributed by atoms with E-state index in [2.05, 4.69) is 25.7 Å². The van der Waals surface area contributed by atoms with Crippen molar-refractivity contribution in [2.24, 2.45) is 17.6 Å². The Hall–Kier alpha value is -0.0800. The van der Waals surface area contributed by atoms with E-state index in [1.807, 2.05) is 0 Å². The molecule has 0 bridgehead atoms. The van der Waals surface area contributed by atoms with Crippen molar-refractivity contribution in [1.82, 2.24) is 4.90 Å². The van der Waals surface area contributed by atoms with Crippen LogP contribution in [0.15, 0.2) is 0 Å². The molecule has 0 saturated heterocycles. The van der Waals surface area contributed by atoms with Crippen LogP contribution >= 0.6 is 0 Å². The maximum absolute atomic E-state index is 5.86. The molecule has 2 heteroatoms. The van der Waals surface area contributed by atoms with Crippen molar-refractivity contribution in [3.8, 4) is 0 Å². The number of rotatable bonds is 9. The van der Waals surface area contributed by atoms with Gasteiger partial charge in [0.2, 0.25) is 0 Å². The summed E-state index contributed by atoms with van der Waals surface area (Å²) < 4.78 is 0. The molecule has 1 saturated carbocycles. The van der Waals surface area contributed by atoms with E-state index in [1.165, 1.54) is 45.2 Å². The lowest BCUT2D eigenvalue weighted by Crippen LogP contribution is -2.35. The van der Waals surface area contributed by atoms with Gasteiger partial charge in [-0.25, -0.2) is 0 Å². The molecule has 0 spiro atoms. The van der Waals surface area contributed by atoms with E-state index in [9.17, 15) is 0 Å². The minimum atomic E-state index is 0.720. The van der Waals surface area contributed by atoms with Crippen molar-refractivity contribution in [2.45, 2.75) is 58.9 Å². The van der Waals surface area contributed by atoms with Crippen molar-refractivity contribution in [2.75, 3.05) is 19.6 Å². The largest absolute Gasteiger partial charge is 0.330 e. The standard InChI is InChI=1S/C14H30N2/c1-4-5-13(10-15)11-16(14-6-7-14)9-8-12(2)3/h12-14H,4-11,15H2,1-3H3. The Labute approximate surface area is 102 Å². The highest BCUT2D eigenvalue weighted by Gasteiger charge is 2.29. The van der Waals surface area contributed by atoms with Gasteiger partial charge >= 0.3 is 0 Å². The molecule has 0 aliphatic heterocycles. The number of nitrogens with zero attached hydrogens (tertiary/aromatic N) is 1. The van der Waals surface area contributed by atoms with Crippen molar-refractivity contribution in [3.05, 3.63) is 0 Å². The molecular formula is C14H30N2. The molecule has 1 atom stereocenters. The van der Waals surface area contributed by atoms with Crippen LogP contribution in [0.5, 0.6) is 0 Å². The lowest BCUT2D eigenvalue weighted by molar-refractivity contribution is 0.206. The van der Waals surface area contributed by atoms with Crippen LogP contribution < -0.4 is 5.73 Å². The molecule has 0 amide bonds. The second-order valence-electron chi connectivity index (χ2n) is 5.80. The number of hydrogen-bond donors (Lipinski definition) is 1. The van der Waals surface area contributed by atoms with Gasteiger partial charge in [0.1, 0.15) is 0 Å². The maximum Gasteiger partial charge on any atom is 0.00965 e. The molecule has 96 valence electrons. The molecule has 0 heterocycles. The monoisotopic (exact) mass is 226 g/mol. The topological polar surface area (TPSA) is 29.3 Å². The smallest absolute Gasteiger partial charge is 0.00965 e. The van der Waals surface area contributed by atoms with E-state index in [-0.39, 0.29) is 0 Å². The van der Waals surface area contributed by atoms with Crippen LogP contribution in [-0.4, -0.2) is 30.6 Å². The molecule has 1 aliphatic carbocycles. The maximum atomic E-state index is 5.86. The van der Waals surface area contributed by atoms with Crippen LogP contribution in [0.1, 0.15) is 52.9 Å². The summed E-state index contributed by atoms with van der Waals surface area (Å²) in [6, 6.07) is 0.893. The lowest BCUT2D eigenvalue weighted by Gasteiger charge is -2.27. The first-order valence-corrected chi connectivity index (χ1v) is 7.11. The third-order valence-corrected chi connectivity index (χ3v) is 3.58. The molecule has 1 unspecified atom stereocenters. The molecule has 1 rings (SSSR count). The molecule has 0 aromatic rings. The molecule has 0 radical (unpaired) electrons. The van der Waals surface area contributed by atoms with Gasteiger partial charge in [-0.3, -0.25) is 0 Å². The van der Waals surface area contributed by atoms with E-state index < -0.39 is 0 Å². The predicted octanol–water partition coefficient (Wildman–Crippen LogP) is 2.87. The summed E-state index contributed by atoms with van der Waals surface area (Å²) in [5.74, 6) is 1.54. The third-order valence-electron chi connectivity index (χ3n) is 3.58. The Kier molecular flexibility index (Phi) is 6.37. The van der Waals surface area contributed by atoms with Gasteiger partial charge < -0.3 is 10.6 Å². The van der Waals surface area contributed by atoms with Gasteiger partial charge in [0.15, 0.2) is 0 Å². The summed E-state index contributed by atoms with van der Waals surface area (Å²) in [6.45, 7) is 10.3. The molecule has 1 aliphatic rings. The highest BCUT2D eigenvalue weighted by Crippen LogP contribution is 2.28. The van der Waals surface area contributed by atoms with Gasteiger partial charge in [0.25, 0.3) is 0 Å². The highest BCUT2D eigenvalue weighted by molar-refractivity contribution is 4.85. The first kappa shape index (κ1) is 14.0.